The molecule has 0 atom stereocenters. The molecule has 1 aromatic rings. The van der Waals surface area contributed by atoms with Crippen molar-refractivity contribution < 1.29 is 18.9 Å². The van der Waals surface area contributed by atoms with Gasteiger partial charge < -0.3 is 16.0 Å². The molecule has 8 nitrogen and oxygen atoms in total. The molecule has 0 aromatic heterocycles. The molecule has 0 spiro atoms. The average Bonchev–Trinajstić information content (AvgIpc) is 2.63. The van der Waals surface area contributed by atoms with Crippen LogP contribution in [0.25, 0.3) is 0 Å². The Morgan fingerprint density at radius 3 is 2.81 bits per heavy atom. The third-order valence-corrected chi connectivity index (χ3v) is 3.18. The van der Waals surface area contributed by atoms with E-state index in [0.29, 0.717) is 0 Å². The number of nitrogens with two attached hydrogens (primary N) is 1. The van der Waals surface area contributed by atoms with Crippen molar-refractivity contribution in [1.29, 1.82) is 0 Å². The maximum Gasteiger partial charge on any atom is 0.293 e. The number of nitrogen functional groups attached to an aromatic ring is 1. The van der Waals surface area contributed by atoms with Crippen LogP contribution in [-0.2, 0) is 4.79 Å². The Kier molecular flexibility index (Phi) is 4.01. The SMILES string of the molecule is Nc1c([N+](=O)[O-])ccc(F)c1C(=O)N1CCNC(=O)CC1. The molecular weight excluding hydrogens is 283 g/mol. The third-order valence-electron chi connectivity index (χ3n) is 3.18. The van der Waals surface area contributed by atoms with Gasteiger partial charge in [0.1, 0.15) is 17.1 Å². The number of carbonyl (C=O) groups is 2. The van der Waals surface area contributed by atoms with Gasteiger partial charge in [0.25, 0.3) is 11.6 Å². The number of nitro groups is 1. The lowest BCUT2D eigenvalue weighted by Crippen LogP contribution is -2.35. The van der Waals surface area contributed by atoms with Gasteiger partial charge in [-0.3, -0.25) is 19.7 Å². The zero-order valence-electron chi connectivity index (χ0n) is 11.0. The van der Waals surface area contributed by atoms with Gasteiger partial charge in [-0.1, -0.05) is 0 Å². The molecule has 1 aromatic carbocycles. The molecule has 0 radical (unpaired) electrons. The summed E-state index contributed by atoms with van der Waals surface area (Å²) in [7, 11) is 0. The van der Waals surface area contributed by atoms with Crippen LogP contribution in [0.2, 0.25) is 0 Å². The van der Waals surface area contributed by atoms with E-state index >= 15 is 0 Å². The fourth-order valence-corrected chi connectivity index (χ4v) is 2.09. The van der Waals surface area contributed by atoms with Crippen LogP contribution in [-0.4, -0.2) is 41.3 Å². The normalized spacial score (nSPS) is 15.3. The van der Waals surface area contributed by atoms with Gasteiger partial charge in [-0.25, -0.2) is 4.39 Å². The minimum Gasteiger partial charge on any atom is -0.392 e. The van der Waals surface area contributed by atoms with Crippen molar-refractivity contribution in [2.75, 3.05) is 25.4 Å². The number of halogens is 1. The van der Waals surface area contributed by atoms with Crippen LogP contribution in [0, 0.1) is 15.9 Å². The lowest BCUT2D eigenvalue weighted by Gasteiger charge is -2.20. The van der Waals surface area contributed by atoms with Gasteiger partial charge in [-0.05, 0) is 6.07 Å². The Morgan fingerprint density at radius 2 is 2.14 bits per heavy atom. The predicted molar refractivity (Wildman–Crippen MR) is 71.0 cm³/mol. The Morgan fingerprint density at radius 1 is 1.43 bits per heavy atom. The molecule has 21 heavy (non-hydrogen) atoms. The number of rotatable bonds is 2. The van der Waals surface area contributed by atoms with Crippen LogP contribution in [0.3, 0.4) is 0 Å². The Labute approximate surface area is 118 Å². The summed E-state index contributed by atoms with van der Waals surface area (Å²) < 4.78 is 13.8. The van der Waals surface area contributed by atoms with Crippen LogP contribution in [0.4, 0.5) is 15.8 Å². The number of hydrogen-bond donors (Lipinski definition) is 2. The number of nitrogens with zero attached hydrogens (tertiary/aromatic N) is 2. The van der Waals surface area contributed by atoms with Crippen molar-refractivity contribution in [3.8, 4) is 0 Å². The first-order valence-electron chi connectivity index (χ1n) is 6.20. The van der Waals surface area contributed by atoms with E-state index < -0.39 is 33.6 Å². The van der Waals surface area contributed by atoms with Crippen molar-refractivity contribution in [3.63, 3.8) is 0 Å². The highest BCUT2D eigenvalue weighted by atomic mass is 19.1. The molecule has 1 heterocycles. The number of amides is 2. The van der Waals surface area contributed by atoms with Crippen LogP contribution >= 0.6 is 0 Å². The summed E-state index contributed by atoms with van der Waals surface area (Å²) in [6, 6.07) is 1.75. The van der Waals surface area contributed by atoms with E-state index in [-0.39, 0.29) is 32.0 Å². The third kappa shape index (κ3) is 2.91. The zero-order chi connectivity index (χ0) is 15.6. The van der Waals surface area contributed by atoms with Crippen molar-refractivity contribution in [3.05, 3.63) is 33.6 Å². The van der Waals surface area contributed by atoms with Gasteiger partial charge in [0.15, 0.2) is 0 Å². The van der Waals surface area contributed by atoms with Crippen molar-refractivity contribution in [2.45, 2.75) is 6.42 Å². The van der Waals surface area contributed by atoms with E-state index in [2.05, 4.69) is 5.32 Å². The number of nitrogens with one attached hydrogen (secondary N) is 1. The number of benzene rings is 1. The minimum atomic E-state index is -0.924. The van der Waals surface area contributed by atoms with Crippen LogP contribution < -0.4 is 11.1 Å². The molecule has 112 valence electrons. The van der Waals surface area contributed by atoms with Gasteiger partial charge in [-0.2, -0.15) is 0 Å². The summed E-state index contributed by atoms with van der Waals surface area (Å²) in [4.78, 5) is 34.8. The molecule has 0 saturated carbocycles. The zero-order valence-corrected chi connectivity index (χ0v) is 11.0. The second kappa shape index (κ2) is 5.73. The monoisotopic (exact) mass is 296 g/mol. The largest absolute Gasteiger partial charge is 0.392 e. The summed E-state index contributed by atoms with van der Waals surface area (Å²) in [5, 5.41) is 13.4. The molecule has 1 aliphatic rings. The number of anilines is 1. The van der Waals surface area contributed by atoms with Crippen LogP contribution in [0.1, 0.15) is 16.8 Å². The molecule has 2 rings (SSSR count). The molecule has 1 fully saturated rings. The van der Waals surface area contributed by atoms with E-state index in [1.54, 1.807) is 0 Å². The first kappa shape index (κ1) is 14.7. The topological polar surface area (TPSA) is 119 Å². The summed E-state index contributed by atoms with van der Waals surface area (Å²) in [5.41, 5.74) is 3.99. The van der Waals surface area contributed by atoms with E-state index in [1.807, 2.05) is 0 Å². The molecule has 1 saturated heterocycles. The number of nitro benzene ring substituents is 1. The summed E-state index contributed by atoms with van der Waals surface area (Å²) in [6.45, 7) is 0.527. The number of hydrogen-bond acceptors (Lipinski definition) is 5. The average molecular weight is 296 g/mol. The highest BCUT2D eigenvalue weighted by Crippen LogP contribution is 2.28. The van der Waals surface area contributed by atoms with Gasteiger partial charge in [-0.15, -0.1) is 0 Å². The molecule has 9 heteroatoms. The van der Waals surface area contributed by atoms with E-state index in [9.17, 15) is 24.1 Å². The first-order chi connectivity index (χ1) is 9.91. The lowest BCUT2D eigenvalue weighted by atomic mass is 10.1. The Balaban J connectivity index is 2.36. The molecule has 0 aliphatic carbocycles. The molecule has 2 amide bonds. The standard InChI is InChI=1S/C12H13FN4O4/c13-7-1-2-8(17(20)21)11(14)10(7)12(19)16-5-3-9(18)15-4-6-16/h1-2H,3-6,14H2,(H,15,18). The maximum atomic E-state index is 13.8. The molecule has 1 aliphatic heterocycles. The first-order valence-corrected chi connectivity index (χ1v) is 6.20. The highest BCUT2D eigenvalue weighted by molar-refractivity contribution is 6.01. The van der Waals surface area contributed by atoms with Crippen LogP contribution in [0.5, 0.6) is 0 Å². The van der Waals surface area contributed by atoms with Crippen LogP contribution in [0.15, 0.2) is 12.1 Å². The smallest absolute Gasteiger partial charge is 0.293 e. The summed E-state index contributed by atoms with van der Waals surface area (Å²) in [6.07, 6.45) is 0.0855. The number of carbonyl (C=O) groups excluding carboxylic acids is 2. The second-order valence-corrected chi connectivity index (χ2v) is 4.50. The van der Waals surface area contributed by atoms with Crippen molar-refractivity contribution >= 4 is 23.2 Å². The van der Waals surface area contributed by atoms with E-state index in [0.717, 1.165) is 12.1 Å². The molecular formula is C12H13FN4O4. The van der Waals surface area contributed by atoms with Crippen molar-refractivity contribution in [2.24, 2.45) is 0 Å². The summed E-state index contributed by atoms with van der Waals surface area (Å²) >= 11 is 0. The Bertz CT molecular complexity index is 620. The van der Waals surface area contributed by atoms with E-state index in [4.69, 9.17) is 5.73 Å². The van der Waals surface area contributed by atoms with Gasteiger partial charge in [0, 0.05) is 32.1 Å². The Hall–Kier alpha value is -2.71. The highest BCUT2D eigenvalue weighted by Gasteiger charge is 2.28. The van der Waals surface area contributed by atoms with Crippen molar-refractivity contribution in [1.82, 2.24) is 10.2 Å². The molecule has 0 unspecified atom stereocenters. The maximum absolute atomic E-state index is 13.8. The minimum absolute atomic E-state index is 0.0855. The fourth-order valence-electron chi connectivity index (χ4n) is 2.09. The fraction of sp³-hybridized carbons (Fsp3) is 0.333. The van der Waals surface area contributed by atoms with Gasteiger partial charge >= 0.3 is 0 Å². The van der Waals surface area contributed by atoms with Gasteiger partial charge in [0.2, 0.25) is 5.91 Å². The summed E-state index contributed by atoms with van der Waals surface area (Å²) in [5.74, 6) is -1.89. The van der Waals surface area contributed by atoms with Gasteiger partial charge in [0.05, 0.1) is 4.92 Å². The second-order valence-electron chi connectivity index (χ2n) is 4.50. The quantitative estimate of drug-likeness (QED) is 0.461. The molecule has 3 N–H and O–H groups in total. The van der Waals surface area contributed by atoms with E-state index in [1.165, 1.54) is 4.90 Å². The lowest BCUT2D eigenvalue weighted by molar-refractivity contribution is -0.384. The predicted octanol–water partition coefficient (Wildman–Crippen LogP) is 0.278. The molecule has 0 bridgehead atoms.